The van der Waals surface area contributed by atoms with Gasteiger partial charge >= 0.3 is 6.18 Å². The summed E-state index contributed by atoms with van der Waals surface area (Å²) in [6.45, 7) is 9.46. The topological polar surface area (TPSA) is 82.1 Å². The second kappa shape index (κ2) is 8.14. The van der Waals surface area contributed by atoms with Crippen LogP contribution in [0.3, 0.4) is 0 Å². The highest BCUT2D eigenvalue weighted by atomic mass is 19.4. The number of hydrogen-bond donors (Lipinski definition) is 1. The largest absolute Gasteiger partial charge is 0.484 e. The molecule has 0 spiro atoms. The Morgan fingerprint density at radius 3 is 2.43 bits per heavy atom. The average Bonchev–Trinajstić information content (AvgIpc) is 2.58. The van der Waals surface area contributed by atoms with Crippen molar-refractivity contribution in [3.05, 3.63) is 35.0 Å². The molecule has 2 aromatic rings. The molecule has 0 aliphatic carbocycles. The molecule has 0 atom stereocenters. The normalized spacial score (nSPS) is 12.9. The van der Waals surface area contributed by atoms with Crippen LogP contribution in [0.1, 0.15) is 37.6 Å². The highest BCUT2D eigenvalue weighted by molar-refractivity contribution is 5.97. The fourth-order valence-electron chi connectivity index (χ4n) is 2.69. The van der Waals surface area contributed by atoms with E-state index in [4.69, 9.17) is 15.2 Å². The third-order valence-corrected chi connectivity index (χ3v) is 3.90. The summed E-state index contributed by atoms with van der Waals surface area (Å²) in [7, 11) is 0. The molecular formula is C19H23F3N4O2. The molecule has 0 aliphatic rings. The number of aryl methyl sites for hydroxylation is 1. The molecule has 152 valence electrons. The van der Waals surface area contributed by atoms with E-state index < -0.39 is 18.2 Å². The van der Waals surface area contributed by atoms with Crippen LogP contribution in [0.4, 0.5) is 13.2 Å². The van der Waals surface area contributed by atoms with Crippen LogP contribution in [0.5, 0.6) is 5.75 Å². The number of fused-ring (bicyclic) bond motifs is 1. The number of pyridine rings is 1. The van der Waals surface area contributed by atoms with Crippen molar-refractivity contribution >= 4 is 23.5 Å². The lowest BCUT2D eigenvalue weighted by atomic mass is 9.84. The molecule has 0 bridgehead atoms. The number of ether oxygens (including phenoxy) is 2. The molecule has 1 heterocycles. The standard InChI is InChI=1S/C19H23F3N4O2/c1-11-6-15(17(26-24-5)28-10-23)25-16-13(11)7-12(27-9-19(20,21)22)8-14(16)18(2,3)4/h6-8H,5,9-10,23H2,1-4H3/b26-17-. The molecule has 0 radical (unpaired) electrons. The summed E-state index contributed by atoms with van der Waals surface area (Å²) in [5.74, 6) is 0.243. The lowest BCUT2D eigenvalue weighted by molar-refractivity contribution is -0.153. The maximum absolute atomic E-state index is 12.6. The van der Waals surface area contributed by atoms with Crippen molar-refractivity contribution in [3.63, 3.8) is 0 Å². The third-order valence-electron chi connectivity index (χ3n) is 3.90. The molecule has 2 rings (SSSR count). The van der Waals surface area contributed by atoms with Gasteiger partial charge in [0, 0.05) is 12.1 Å². The Kier molecular flexibility index (Phi) is 6.28. The van der Waals surface area contributed by atoms with Crippen molar-refractivity contribution in [2.24, 2.45) is 15.9 Å². The summed E-state index contributed by atoms with van der Waals surface area (Å²) < 4.78 is 48.0. The summed E-state index contributed by atoms with van der Waals surface area (Å²) >= 11 is 0. The molecule has 2 N–H and O–H groups in total. The zero-order valence-electron chi connectivity index (χ0n) is 16.2. The van der Waals surface area contributed by atoms with Crippen LogP contribution >= 0.6 is 0 Å². The minimum absolute atomic E-state index is 0.111. The summed E-state index contributed by atoms with van der Waals surface area (Å²) in [6.07, 6.45) is -4.42. The Morgan fingerprint density at radius 1 is 1.21 bits per heavy atom. The first-order valence-electron chi connectivity index (χ1n) is 8.48. The van der Waals surface area contributed by atoms with Crippen molar-refractivity contribution in [2.75, 3.05) is 13.3 Å². The number of rotatable bonds is 5. The van der Waals surface area contributed by atoms with E-state index in [1.807, 2.05) is 27.7 Å². The molecule has 0 saturated heterocycles. The first-order chi connectivity index (χ1) is 13.0. The van der Waals surface area contributed by atoms with E-state index in [-0.39, 0.29) is 18.4 Å². The minimum atomic E-state index is -4.42. The SMILES string of the molecule is C=N/N=C(\OCN)c1cc(C)c2cc(OCC(F)(F)F)cc(C(C)(C)C)c2n1. The molecule has 6 nitrogen and oxygen atoms in total. The highest BCUT2D eigenvalue weighted by Gasteiger charge is 2.29. The second-order valence-electron chi connectivity index (χ2n) is 7.20. The van der Waals surface area contributed by atoms with Gasteiger partial charge in [0.05, 0.1) is 5.52 Å². The van der Waals surface area contributed by atoms with Crippen LogP contribution in [-0.2, 0) is 10.2 Å². The van der Waals surface area contributed by atoms with Gasteiger partial charge < -0.3 is 9.47 Å². The Bertz CT molecular complexity index is 903. The minimum Gasteiger partial charge on any atom is -0.484 e. The fraction of sp³-hybridized carbons (Fsp3) is 0.421. The number of alkyl halides is 3. The lowest BCUT2D eigenvalue weighted by Crippen LogP contribution is -2.20. The zero-order chi connectivity index (χ0) is 21.1. The smallest absolute Gasteiger partial charge is 0.422 e. The summed E-state index contributed by atoms with van der Waals surface area (Å²) in [5, 5.41) is 7.95. The van der Waals surface area contributed by atoms with Gasteiger partial charge in [-0.2, -0.15) is 18.3 Å². The van der Waals surface area contributed by atoms with Crippen LogP contribution in [0.25, 0.3) is 10.9 Å². The third kappa shape index (κ3) is 5.19. The number of nitrogens with two attached hydrogens (primary N) is 1. The van der Waals surface area contributed by atoms with Gasteiger partial charge in [0.1, 0.15) is 18.2 Å². The molecule has 0 amide bonds. The van der Waals surface area contributed by atoms with E-state index in [1.165, 1.54) is 0 Å². The Labute approximate surface area is 161 Å². The molecule has 0 unspecified atom stereocenters. The summed E-state index contributed by atoms with van der Waals surface area (Å²) in [6, 6.07) is 4.83. The van der Waals surface area contributed by atoms with Gasteiger partial charge in [-0.1, -0.05) is 20.8 Å². The predicted octanol–water partition coefficient (Wildman–Crippen LogP) is 4.08. The zero-order valence-corrected chi connectivity index (χ0v) is 16.2. The van der Waals surface area contributed by atoms with E-state index in [1.54, 1.807) is 18.2 Å². The van der Waals surface area contributed by atoms with Crippen LogP contribution < -0.4 is 10.5 Å². The van der Waals surface area contributed by atoms with E-state index in [9.17, 15) is 13.2 Å². The van der Waals surface area contributed by atoms with Crippen LogP contribution in [0, 0.1) is 6.92 Å². The van der Waals surface area contributed by atoms with Crippen molar-refractivity contribution in [1.82, 2.24) is 4.98 Å². The molecule has 0 saturated carbocycles. The van der Waals surface area contributed by atoms with Crippen LogP contribution in [0.15, 0.2) is 28.4 Å². The average molecular weight is 396 g/mol. The number of aromatic nitrogens is 1. The van der Waals surface area contributed by atoms with Crippen molar-refractivity contribution in [2.45, 2.75) is 39.3 Å². The van der Waals surface area contributed by atoms with Gasteiger partial charge in [-0.15, -0.1) is 5.10 Å². The first-order valence-corrected chi connectivity index (χ1v) is 8.48. The number of benzene rings is 1. The Hall–Kier alpha value is -2.68. The van der Waals surface area contributed by atoms with Crippen LogP contribution in [0.2, 0.25) is 0 Å². The highest BCUT2D eigenvalue weighted by Crippen LogP contribution is 2.35. The molecule has 9 heteroatoms. The van der Waals surface area contributed by atoms with E-state index >= 15 is 0 Å². The maximum Gasteiger partial charge on any atom is 0.422 e. The first kappa shape index (κ1) is 21.6. The monoisotopic (exact) mass is 396 g/mol. The van der Waals surface area contributed by atoms with Crippen molar-refractivity contribution < 1.29 is 22.6 Å². The number of halogens is 3. The lowest BCUT2D eigenvalue weighted by Gasteiger charge is -2.23. The predicted molar refractivity (Wildman–Crippen MR) is 103 cm³/mol. The molecule has 1 aromatic carbocycles. The second-order valence-corrected chi connectivity index (χ2v) is 7.20. The molecule has 1 aromatic heterocycles. The van der Waals surface area contributed by atoms with Crippen LogP contribution in [-0.4, -0.2) is 37.1 Å². The van der Waals surface area contributed by atoms with Crippen molar-refractivity contribution in [3.8, 4) is 5.75 Å². The summed E-state index contributed by atoms with van der Waals surface area (Å²) in [5.41, 5.74) is 7.53. The van der Waals surface area contributed by atoms with Gasteiger partial charge in [0.15, 0.2) is 6.61 Å². The van der Waals surface area contributed by atoms with E-state index in [0.717, 1.165) is 11.1 Å². The van der Waals surface area contributed by atoms with Gasteiger partial charge in [-0.3, -0.25) is 5.73 Å². The number of hydrogen-bond acceptors (Lipinski definition) is 6. The fourth-order valence-corrected chi connectivity index (χ4v) is 2.69. The van der Waals surface area contributed by atoms with Crippen molar-refractivity contribution in [1.29, 1.82) is 0 Å². The Balaban J connectivity index is 2.69. The Morgan fingerprint density at radius 2 is 1.89 bits per heavy atom. The van der Waals surface area contributed by atoms with E-state index in [0.29, 0.717) is 16.6 Å². The molecule has 0 aliphatic heterocycles. The van der Waals surface area contributed by atoms with Gasteiger partial charge in [-0.25, -0.2) is 4.98 Å². The molecule has 28 heavy (non-hydrogen) atoms. The van der Waals surface area contributed by atoms with Gasteiger partial charge in [0.2, 0.25) is 0 Å². The quantitative estimate of drug-likeness (QED) is 0.357. The number of nitrogens with zero attached hydrogens (tertiary/aromatic N) is 3. The van der Waals surface area contributed by atoms with E-state index in [2.05, 4.69) is 21.9 Å². The maximum atomic E-state index is 12.6. The van der Waals surface area contributed by atoms with Gasteiger partial charge in [-0.05, 0) is 41.7 Å². The molecule has 0 fully saturated rings. The van der Waals surface area contributed by atoms with Gasteiger partial charge in [0.25, 0.3) is 5.90 Å². The molecular weight excluding hydrogens is 373 g/mol. The summed E-state index contributed by atoms with van der Waals surface area (Å²) in [4.78, 5) is 4.61.